The lowest BCUT2D eigenvalue weighted by molar-refractivity contribution is -0.122. The van der Waals surface area contributed by atoms with Crippen molar-refractivity contribution in [2.45, 2.75) is 38.1 Å². The normalized spacial score (nSPS) is 24.1. The zero-order valence-electron chi connectivity index (χ0n) is 17.4. The first-order chi connectivity index (χ1) is 14.3. The van der Waals surface area contributed by atoms with Crippen molar-refractivity contribution in [1.29, 1.82) is 0 Å². The predicted molar refractivity (Wildman–Crippen MR) is 115 cm³/mol. The van der Waals surface area contributed by atoms with Gasteiger partial charge in [-0.25, -0.2) is 4.79 Å². The Hall–Kier alpha value is -2.86. The summed E-state index contributed by atoms with van der Waals surface area (Å²) in [5.41, 5.74) is 9.88. The number of hydrogen-bond donors (Lipinski definition) is 1. The highest BCUT2D eigenvalue weighted by Crippen LogP contribution is 2.43. The molecule has 1 saturated heterocycles. The second kappa shape index (κ2) is 6.84. The number of fused-ring (bicyclic) bond motifs is 4. The third-order valence-electron chi connectivity index (χ3n) is 6.87. The molecule has 2 amide bonds. The SMILES string of the molecule is CC1(C)CN(C(=O)Oc2ccc3c(c2)C2C(C(N)=O)CCN2CC3)c2ccccc21. The maximum atomic E-state index is 13.1. The topological polar surface area (TPSA) is 75.9 Å². The molecule has 1 fully saturated rings. The molecule has 2 atom stereocenters. The lowest BCUT2D eigenvalue weighted by Gasteiger charge is -2.34. The summed E-state index contributed by atoms with van der Waals surface area (Å²) in [4.78, 5) is 29.1. The fourth-order valence-corrected chi connectivity index (χ4v) is 5.39. The molecule has 3 aliphatic heterocycles. The molecule has 2 N–H and O–H groups in total. The number of amides is 2. The van der Waals surface area contributed by atoms with Gasteiger partial charge in [-0.05, 0) is 54.3 Å². The van der Waals surface area contributed by atoms with Crippen molar-refractivity contribution >= 4 is 17.7 Å². The van der Waals surface area contributed by atoms with Crippen molar-refractivity contribution < 1.29 is 14.3 Å². The number of hydrogen-bond acceptors (Lipinski definition) is 4. The number of ether oxygens (including phenoxy) is 1. The van der Waals surface area contributed by atoms with Gasteiger partial charge in [-0.2, -0.15) is 0 Å². The molecule has 156 valence electrons. The number of nitrogens with two attached hydrogens (primary N) is 1. The van der Waals surface area contributed by atoms with Crippen LogP contribution in [0.2, 0.25) is 0 Å². The van der Waals surface area contributed by atoms with E-state index in [0.29, 0.717) is 12.3 Å². The van der Waals surface area contributed by atoms with E-state index in [9.17, 15) is 9.59 Å². The summed E-state index contributed by atoms with van der Waals surface area (Å²) < 4.78 is 5.81. The summed E-state index contributed by atoms with van der Waals surface area (Å²) in [6.45, 7) is 6.66. The molecule has 0 aliphatic carbocycles. The minimum Gasteiger partial charge on any atom is -0.410 e. The predicted octanol–water partition coefficient (Wildman–Crippen LogP) is 3.39. The highest BCUT2D eigenvalue weighted by molar-refractivity contribution is 5.92. The van der Waals surface area contributed by atoms with Gasteiger partial charge in [0, 0.05) is 24.5 Å². The maximum Gasteiger partial charge on any atom is 0.419 e. The Balaban J connectivity index is 1.42. The van der Waals surface area contributed by atoms with Crippen molar-refractivity contribution in [3.63, 3.8) is 0 Å². The maximum absolute atomic E-state index is 13.1. The zero-order chi connectivity index (χ0) is 21.0. The number of para-hydroxylation sites is 1. The number of rotatable bonds is 2. The first-order valence-electron chi connectivity index (χ1n) is 10.6. The standard InChI is InChI=1S/C24H27N3O3/c1-24(2)14-27(20-6-4-3-5-19(20)24)23(29)30-16-8-7-15-9-11-26-12-10-17(22(25)28)21(26)18(15)13-16/h3-8,13,17,21H,9-12,14H2,1-2H3,(H2,25,28). The minimum absolute atomic E-state index is 0.0173. The molecule has 2 aromatic rings. The summed E-state index contributed by atoms with van der Waals surface area (Å²) in [7, 11) is 0. The van der Waals surface area contributed by atoms with Gasteiger partial charge in [0.15, 0.2) is 0 Å². The Kier molecular flexibility index (Phi) is 4.36. The number of carbonyl (C=O) groups is 2. The average Bonchev–Trinajstić information content (AvgIpc) is 3.28. The molecule has 0 aromatic heterocycles. The Morgan fingerprint density at radius 1 is 1.13 bits per heavy atom. The smallest absolute Gasteiger partial charge is 0.410 e. The third-order valence-corrected chi connectivity index (χ3v) is 6.87. The van der Waals surface area contributed by atoms with E-state index in [1.807, 2.05) is 36.4 Å². The first kappa shape index (κ1) is 19.1. The number of carbonyl (C=O) groups excluding carboxylic acids is 2. The van der Waals surface area contributed by atoms with Gasteiger partial charge in [-0.3, -0.25) is 14.6 Å². The summed E-state index contributed by atoms with van der Waals surface area (Å²) in [6.07, 6.45) is 1.33. The number of anilines is 1. The number of nitrogens with zero attached hydrogens (tertiary/aromatic N) is 2. The molecular formula is C24H27N3O3. The van der Waals surface area contributed by atoms with E-state index < -0.39 is 0 Å². The van der Waals surface area contributed by atoms with Gasteiger partial charge in [0.1, 0.15) is 5.75 Å². The minimum atomic E-state index is -0.376. The summed E-state index contributed by atoms with van der Waals surface area (Å²) in [6, 6.07) is 13.8. The lowest BCUT2D eigenvalue weighted by atomic mass is 9.86. The molecule has 2 aromatic carbocycles. The molecule has 3 heterocycles. The number of primary amides is 1. The van der Waals surface area contributed by atoms with Crippen LogP contribution in [0.5, 0.6) is 5.75 Å². The van der Waals surface area contributed by atoms with E-state index in [1.54, 1.807) is 4.90 Å². The van der Waals surface area contributed by atoms with Gasteiger partial charge in [0.2, 0.25) is 5.91 Å². The third kappa shape index (κ3) is 2.98. The van der Waals surface area contributed by atoms with Crippen LogP contribution >= 0.6 is 0 Å². The van der Waals surface area contributed by atoms with Gasteiger partial charge >= 0.3 is 6.09 Å². The molecule has 0 bridgehead atoms. The van der Waals surface area contributed by atoms with Crippen LogP contribution in [-0.4, -0.2) is 36.5 Å². The van der Waals surface area contributed by atoms with Gasteiger partial charge in [0.05, 0.1) is 11.6 Å². The van der Waals surface area contributed by atoms with Gasteiger partial charge in [0.25, 0.3) is 0 Å². The van der Waals surface area contributed by atoms with Crippen molar-refractivity contribution in [3.8, 4) is 5.75 Å². The summed E-state index contributed by atoms with van der Waals surface area (Å²) in [5.74, 6) is 0.0628. The van der Waals surface area contributed by atoms with Crippen LogP contribution < -0.4 is 15.4 Å². The first-order valence-corrected chi connectivity index (χ1v) is 10.6. The largest absolute Gasteiger partial charge is 0.419 e. The van der Waals surface area contributed by atoms with Gasteiger partial charge < -0.3 is 10.5 Å². The van der Waals surface area contributed by atoms with Gasteiger partial charge in [-0.1, -0.05) is 38.1 Å². The van der Waals surface area contributed by atoms with E-state index in [-0.39, 0.29) is 29.4 Å². The van der Waals surface area contributed by atoms with Crippen molar-refractivity contribution in [2.24, 2.45) is 11.7 Å². The average molecular weight is 405 g/mol. The Labute approximate surface area is 176 Å². The molecule has 6 nitrogen and oxygen atoms in total. The summed E-state index contributed by atoms with van der Waals surface area (Å²) >= 11 is 0. The monoisotopic (exact) mass is 405 g/mol. The number of benzene rings is 2. The highest BCUT2D eigenvalue weighted by Gasteiger charge is 2.42. The second-order valence-electron chi connectivity index (χ2n) is 9.24. The lowest BCUT2D eigenvalue weighted by Crippen LogP contribution is -2.37. The quantitative estimate of drug-likeness (QED) is 0.831. The van der Waals surface area contributed by atoms with Crippen LogP contribution in [0.3, 0.4) is 0 Å². The van der Waals surface area contributed by atoms with Crippen molar-refractivity contribution in [3.05, 3.63) is 59.2 Å². The Morgan fingerprint density at radius 2 is 1.93 bits per heavy atom. The van der Waals surface area contributed by atoms with E-state index >= 15 is 0 Å². The van der Waals surface area contributed by atoms with Crippen LogP contribution in [0.15, 0.2) is 42.5 Å². The van der Waals surface area contributed by atoms with Crippen LogP contribution in [0.1, 0.15) is 43.0 Å². The molecule has 0 radical (unpaired) electrons. The van der Waals surface area contributed by atoms with Crippen LogP contribution in [0, 0.1) is 5.92 Å². The fourth-order valence-electron chi connectivity index (χ4n) is 5.39. The van der Waals surface area contributed by atoms with Crippen LogP contribution in [0.25, 0.3) is 0 Å². The van der Waals surface area contributed by atoms with Crippen molar-refractivity contribution in [2.75, 3.05) is 24.5 Å². The summed E-state index contributed by atoms with van der Waals surface area (Å²) in [5, 5.41) is 0. The molecule has 3 aliphatic rings. The second-order valence-corrected chi connectivity index (χ2v) is 9.24. The molecule has 0 spiro atoms. The van der Waals surface area contributed by atoms with Crippen molar-refractivity contribution in [1.82, 2.24) is 4.90 Å². The van der Waals surface area contributed by atoms with E-state index in [0.717, 1.165) is 42.7 Å². The van der Waals surface area contributed by atoms with E-state index in [2.05, 4.69) is 24.8 Å². The fraction of sp³-hybridized carbons (Fsp3) is 0.417. The molecule has 2 unspecified atom stereocenters. The van der Waals surface area contributed by atoms with E-state index in [4.69, 9.17) is 10.5 Å². The Bertz CT molecular complexity index is 1030. The Morgan fingerprint density at radius 3 is 2.73 bits per heavy atom. The van der Waals surface area contributed by atoms with Gasteiger partial charge in [-0.15, -0.1) is 0 Å². The van der Waals surface area contributed by atoms with Crippen LogP contribution in [-0.2, 0) is 16.6 Å². The molecule has 0 saturated carbocycles. The molecular weight excluding hydrogens is 378 g/mol. The zero-order valence-corrected chi connectivity index (χ0v) is 17.4. The van der Waals surface area contributed by atoms with E-state index in [1.165, 1.54) is 5.56 Å². The highest BCUT2D eigenvalue weighted by atomic mass is 16.6. The van der Waals surface area contributed by atoms with Crippen LogP contribution in [0.4, 0.5) is 10.5 Å². The molecule has 30 heavy (non-hydrogen) atoms. The molecule has 5 rings (SSSR count). The molecule has 6 heteroatoms.